The lowest BCUT2D eigenvalue weighted by atomic mass is 10.3. The van der Waals surface area contributed by atoms with E-state index in [1.54, 1.807) is 0 Å². The Bertz CT molecular complexity index is 270. The van der Waals surface area contributed by atoms with Crippen LogP contribution in [-0.4, -0.2) is 54.3 Å². The Morgan fingerprint density at radius 1 is 1.00 bits per heavy atom. The highest BCUT2D eigenvalue weighted by Crippen LogP contribution is 1.91. The van der Waals surface area contributed by atoms with Gasteiger partial charge in [0.05, 0.1) is 11.5 Å². The van der Waals surface area contributed by atoms with E-state index < -0.39 is 21.6 Å². The van der Waals surface area contributed by atoms with E-state index in [-0.39, 0.29) is 22.9 Å². The molecule has 0 aliphatic carbocycles. The molecule has 6 nitrogen and oxygen atoms in total. The highest BCUT2D eigenvalue weighted by atomic mass is 32.2. The predicted octanol–water partition coefficient (Wildman–Crippen LogP) is -0.596. The van der Waals surface area contributed by atoms with E-state index in [0.29, 0.717) is 0 Å². The maximum Gasteiger partial charge on any atom is 0.118 e. The highest BCUT2D eigenvalue weighted by Gasteiger charge is 2.14. The molecular formula is C6H12N2O4S2. The Morgan fingerprint density at radius 2 is 1.29 bits per heavy atom. The first-order chi connectivity index (χ1) is 6.51. The summed E-state index contributed by atoms with van der Waals surface area (Å²) in [6.07, 6.45) is 2.84. The minimum Gasteiger partial charge on any atom is -0.411 e. The third-order valence-corrected chi connectivity index (χ3v) is 2.61. The Hall–Kier alpha value is -0.760. The van der Waals surface area contributed by atoms with E-state index in [0.717, 1.165) is 0 Å². The summed E-state index contributed by atoms with van der Waals surface area (Å²) in [5, 5.41) is 22.8. The van der Waals surface area contributed by atoms with E-state index in [2.05, 4.69) is 10.3 Å². The molecule has 0 heterocycles. The van der Waals surface area contributed by atoms with E-state index in [9.17, 15) is 8.42 Å². The van der Waals surface area contributed by atoms with Gasteiger partial charge in [0.2, 0.25) is 0 Å². The van der Waals surface area contributed by atoms with Gasteiger partial charge >= 0.3 is 0 Å². The topological polar surface area (TPSA) is 99.3 Å². The molecule has 0 fully saturated rings. The van der Waals surface area contributed by atoms with Gasteiger partial charge in [-0.25, -0.2) is 0 Å². The molecule has 2 N–H and O–H groups in total. The van der Waals surface area contributed by atoms with Crippen molar-refractivity contribution in [1.29, 1.82) is 0 Å². The predicted molar refractivity (Wildman–Crippen MR) is 56.3 cm³/mol. The monoisotopic (exact) mass is 240 g/mol. The molecular weight excluding hydrogens is 228 g/mol. The second kappa shape index (κ2) is 6.66. The molecule has 0 spiro atoms. The molecule has 0 radical (unpaired) electrons. The molecule has 0 amide bonds. The highest BCUT2D eigenvalue weighted by molar-refractivity contribution is 7.86. The van der Waals surface area contributed by atoms with Crippen molar-refractivity contribution in [2.24, 2.45) is 10.3 Å². The Balaban J connectivity index is 4.65. The quantitative estimate of drug-likeness (QED) is 0.381. The lowest BCUT2D eigenvalue weighted by Crippen LogP contribution is -2.26. The summed E-state index contributed by atoms with van der Waals surface area (Å²) in [6, 6.07) is 0. The van der Waals surface area contributed by atoms with Crippen molar-refractivity contribution in [3.63, 3.8) is 0 Å². The summed E-state index contributed by atoms with van der Waals surface area (Å²) >= 11 is 0. The summed E-state index contributed by atoms with van der Waals surface area (Å²) in [7, 11) is -2.43. The zero-order valence-electron chi connectivity index (χ0n) is 7.84. The molecule has 0 aliphatic heterocycles. The molecule has 0 bridgehead atoms. The Labute approximate surface area is 86.6 Å². The smallest absolute Gasteiger partial charge is 0.118 e. The van der Waals surface area contributed by atoms with Gasteiger partial charge in [-0.15, -0.1) is 0 Å². The molecule has 0 rings (SSSR count). The second-order valence-electron chi connectivity index (χ2n) is 2.53. The van der Waals surface area contributed by atoms with Crippen LogP contribution >= 0.6 is 0 Å². The van der Waals surface area contributed by atoms with Crippen LogP contribution in [0.25, 0.3) is 0 Å². The number of rotatable bonds is 5. The molecule has 0 aromatic rings. The molecule has 8 heteroatoms. The molecule has 0 aromatic carbocycles. The van der Waals surface area contributed by atoms with Crippen LogP contribution in [0.2, 0.25) is 0 Å². The maximum absolute atomic E-state index is 10.8. The van der Waals surface area contributed by atoms with Crippen molar-refractivity contribution in [1.82, 2.24) is 0 Å². The summed E-state index contributed by atoms with van der Waals surface area (Å²) in [4.78, 5) is 0. The van der Waals surface area contributed by atoms with Crippen molar-refractivity contribution in [3.8, 4) is 0 Å². The second-order valence-corrected chi connectivity index (χ2v) is 5.40. The van der Waals surface area contributed by atoms with Gasteiger partial charge in [0.1, 0.15) is 11.4 Å². The molecule has 0 unspecified atom stereocenters. The summed E-state index contributed by atoms with van der Waals surface area (Å²) < 4.78 is 21.7. The Morgan fingerprint density at radius 3 is 1.43 bits per heavy atom. The van der Waals surface area contributed by atoms with Gasteiger partial charge in [-0.1, -0.05) is 10.3 Å². The molecule has 2 atom stereocenters. The van der Waals surface area contributed by atoms with Crippen molar-refractivity contribution in [3.05, 3.63) is 0 Å². The molecule has 0 aliphatic rings. The fraction of sp³-hybridized carbons (Fsp3) is 0.667. The average molecular weight is 240 g/mol. The van der Waals surface area contributed by atoms with E-state index >= 15 is 0 Å². The lowest BCUT2D eigenvalue weighted by Gasteiger charge is -2.02. The van der Waals surface area contributed by atoms with Crippen molar-refractivity contribution >= 4 is 33.0 Å². The van der Waals surface area contributed by atoms with Crippen LogP contribution < -0.4 is 0 Å². The van der Waals surface area contributed by atoms with Gasteiger partial charge in [0.15, 0.2) is 0 Å². The third kappa shape index (κ3) is 5.07. The summed E-state index contributed by atoms with van der Waals surface area (Å²) in [5.41, 5.74) is -0.0212. The minimum atomic E-state index is -1.21. The zero-order valence-corrected chi connectivity index (χ0v) is 9.47. The van der Waals surface area contributed by atoms with Crippen LogP contribution in [0.1, 0.15) is 0 Å². The SMILES string of the molecule is C[S@](=O)CC(=N/O)/C(C[S@@](C)=O)=N\O. The van der Waals surface area contributed by atoms with Crippen LogP contribution in [0.3, 0.4) is 0 Å². The maximum atomic E-state index is 10.8. The van der Waals surface area contributed by atoms with Gasteiger partial charge in [-0.2, -0.15) is 0 Å². The van der Waals surface area contributed by atoms with E-state index in [1.807, 2.05) is 0 Å². The largest absolute Gasteiger partial charge is 0.411 e. The average Bonchev–Trinajstić information content (AvgIpc) is 2.10. The minimum absolute atomic E-state index is 0.0106. The number of hydrogen-bond donors (Lipinski definition) is 2. The third-order valence-electron chi connectivity index (χ3n) is 1.25. The van der Waals surface area contributed by atoms with Gasteiger partial charge in [-0.05, 0) is 0 Å². The molecule has 0 saturated heterocycles. The lowest BCUT2D eigenvalue weighted by molar-refractivity contribution is 0.314. The van der Waals surface area contributed by atoms with Gasteiger partial charge < -0.3 is 10.4 Å². The van der Waals surface area contributed by atoms with Crippen molar-refractivity contribution in [2.75, 3.05) is 24.0 Å². The van der Waals surface area contributed by atoms with Crippen molar-refractivity contribution < 1.29 is 18.8 Å². The first kappa shape index (κ1) is 13.2. The first-order valence-electron chi connectivity index (χ1n) is 3.53. The Kier molecular flexibility index (Phi) is 6.30. The molecule has 14 heavy (non-hydrogen) atoms. The summed E-state index contributed by atoms with van der Waals surface area (Å²) in [6.45, 7) is 0. The molecule has 0 saturated carbocycles. The van der Waals surface area contributed by atoms with Gasteiger partial charge in [-0.3, -0.25) is 8.42 Å². The van der Waals surface area contributed by atoms with E-state index in [4.69, 9.17) is 10.4 Å². The number of oxime groups is 2. The van der Waals surface area contributed by atoms with Gasteiger partial charge in [0, 0.05) is 34.1 Å². The molecule has 0 aromatic heterocycles. The van der Waals surface area contributed by atoms with Crippen LogP contribution in [0, 0.1) is 0 Å². The normalized spacial score (nSPS) is 17.9. The first-order valence-corrected chi connectivity index (χ1v) is 6.99. The van der Waals surface area contributed by atoms with Crippen LogP contribution in [-0.2, 0) is 21.6 Å². The van der Waals surface area contributed by atoms with Crippen LogP contribution in [0.4, 0.5) is 0 Å². The fourth-order valence-electron chi connectivity index (χ4n) is 0.725. The number of hydrogen-bond acceptors (Lipinski definition) is 6. The number of nitrogens with zero attached hydrogens (tertiary/aromatic N) is 2. The summed E-state index contributed by atoms with van der Waals surface area (Å²) in [5.74, 6) is -0.0693. The standard InChI is InChI=1S/C6H12N2O4S2/c1-13(11)3-5(7-9)6(8-10)4-14(2)12/h9-10H,3-4H2,1-2H3/b7-5-,8-6-/t13-,14+. The van der Waals surface area contributed by atoms with E-state index in [1.165, 1.54) is 12.5 Å². The van der Waals surface area contributed by atoms with Crippen LogP contribution in [0.15, 0.2) is 10.3 Å². The van der Waals surface area contributed by atoms with Gasteiger partial charge in [0.25, 0.3) is 0 Å². The van der Waals surface area contributed by atoms with Crippen molar-refractivity contribution in [2.45, 2.75) is 0 Å². The molecule has 82 valence electrons. The fourth-order valence-corrected chi connectivity index (χ4v) is 1.94. The zero-order chi connectivity index (χ0) is 11.1. The van der Waals surface area contributed by atoms with Crippen LogP contribution in [0.5, 0.6) is 0 Å².